The Hall–Kier alpha value is -1.71. The molecule has 0 bridgehead atoms. The van der Waals surface area contributed by atoms with Crippen molar-refractivity contribution in [2.45, 2.75) is 30.9 Å². The quantitative estimate of drug-likeness (QED) is 0.843. The molecule has 21 heavy (non-hydrogen) atoms. The highest BCUT2D eigenvalue weighted by Crippen LogP contribution is 2.47. The maximum atomic E-state index is 14.0. The van der Waals surface area contributed by atoms with Crippen LogP contribution in [0.5, 0.6) is 0 Å². The standard InChI is InChI=1S/C18H18FNO/c19-16-7-3-6-15-14(16)8-10-18(15,21)17-13-5-2-1-4-12(13)9-11-20-17/h1-7,17,20-21H,8-11H2. The molecule has 4 rings (SSSR count). The zero-order valence-electron chi connectivity index (χ0n) is 11.8. The van der Waals surface area contributed by atoms with E-state index < -0.39 is 5.60 Å². The van der Waals surface area contributed by atoms with Gasteiger partial charge in [0.2, 0.25) is 0 Å². The fourth-order valence-corrected chi connectivity index (χ4v) is 3.90. The SMILES string of the molecule is OC1(C2NCCc3ccccc32)CCc2c(F)cccc21. The third kappa shape index (κ3) is 1.84. The van der Waals surface area contributed by atoms with Crippen molar-refractivity contribution < 1.29 is 9.50 Å². The van der Waals surface area contributed by atoms with E-state index in [0.717, 1.165) is 24.1 Å². The predicted molar refractivity (Wildman–Crippen MR) is 79.5 cm³/mol. The first-order chi connectivity index (χ1) is 10.2. The van der Waals surface area contributed by atoms with E-state index in [1.54, 1.807) is 6.07 Å². The van der Waals surface area contributed by atoms with Crippen LogP contribution < -0.4 is 5.32 Å². The lowest BCUT2D eigenvalue weighted by molar-refractivity contribution is -0.00502. The van der Waals surface area contributed by atoms with Crippen LogP contribution in [-0.4, -0.2) is 11.7 Å². The highest BCUT2D eigenvalue weighted by Gasteiger charge is 2.46. The third-order valence-electron chi connectivity index (χ3n) is 4.93. The summed E-state index contributed by atoms with van der Waals surface area (Å²) in [7, 11) is 0. The first-order valence-corrected chi connectivity index (χ1v) is 7.51. The Balaban J connectivity index is 1.84. The van der Waals surface area contributed by atoms with Crippen LogP contribution in [0.25, 0.3) is 0 Å². The second-order valence-corrected chi connectivity index (χ2v) is 6.03. The number of fused-ring (bicyclic) bond motifs is 2. The molecule has 0 aromatic heterocycles. The van der Waals surface area contributed by atoms with E-state index >= 15 is 0 Å². The fraction of sp³-hybridized carbons (Fsp3) is 0.333. The molecule has 2 atom stereocenters. The van der Waals surface area contributed by atoms with Crippen molar-refractivity contribution >= 4 is 0 Å². The minimum absolute atomic E-state index is 0.162. The number of hydrogen-bond donors (Lipinski definition) is 2. The van der Waals surface area contributed by atoms with E-state index in [2.05, 4.69) is 17.4 Å². The van der Waals surface area contributed by atoms with Crippen molar-refractivity contribution in [1.29, 1.82) is 0 Å². The summed E-state index contributed by atoms with van der Waals surface area (Å²) in [6.07, 6.45) is 2.13. The Kier molecular flexibility index (Phi) is 2.88. The van der Waals surface area contributed by atoms with E-state index in [4.69, 9.17) is 0 Å². The number of benzene rings is 2. The van der Waals surface area contributed by atoms with Crippen LogP contribution in [0.2, 0.25) is 0 Å². The second kappa shape index (κ2) is 4.65. The molecule has 2 nitrogen and oxygen atoms in total. The maximum Gasteiger partial charge on any atom is 0.126 e. The Labute approximate surface area is 123 Å². The summed E-state index contributed by atoms with van der Waals surface area (Å²) in [5.41, 5.74) is 2.82. The lowest BCUT2D eigenvalue weighted by Gasteiger charge is -2.38. The van der Waals surface area contributed by atoms with E-state index in [-0.39, 0.29) is 11.9 Å². The summed E-state index contributed by atoms with van der Waals surface area (Å²) in [5.74, 6) is -0.201. The van der Waals surface area contributed by atoms with Crippen LogP contribution in [0.4, 0.5) is 4.39 Å². The lowest BCUT2D eigenvalue weighted by Crippen LogP contribution is -2.44. The first-order valence-electron chi connectivity index (χ1n) is 7.51. The topological polar surface area (TPSA) is 32.3 Å². The Bertz CT molecular complexity index is 699. The number of aliphatic hydroxyl groups is 1. The van der Waals surface area contributed by atoms with Crippen LogP contribution >= 0.6 is 0 Å². The molecule has 3 heteroatoms. The Morgan fingerprint density at radius 1 is 1.10 bits per heavy atom. The highest BCUT2D eigenvalue weighted by molar-refractivity contribution is 5.44. The molecule has 0 amide bonds. The highest BCUT2D eigenvalue weighted by atomic mass is 19.1. The van der Waals surface area contributed by atoms with Gasteiger partial charge in [0.25, 0.3) is 0 Å². The van der Waals surface area contributed by atoms with E-state index in [1.807, 2.05) is 18.2 Å². The van der Waals surface area contributed by atoms with Crippen LogP contribution in [0.1, 0.15) is 34.7 Å². The van der Waals surface area contributed by atoms with Gasteiger partial charge < -0.3 is 10.4 Å². The molecule has 1 aliphatic heterocycles. The van der Waals surface area contributed by atoms with Gasteiger partial charge >= 0.3 is 0 Å². The smallest absolute Gasteiger partial charge is 0.126 e. The van der Waals surface area contributed by atoms with Gasteiger partial charge in [0.15, 0.2) is 0 Å². The van der Waals surface area contributed by atoms with Crippen LogP contribution in [0.15, 0.2) is 42.5 Å². The first kappa shape index (κ1) is 13.0. The van der Waals surface area contributed by atoms with E-state index in [1.165, 1.54) is 11.6 Å². The molecule has 2 aliphatic rings. The molecule has 0 saturated heterocycles. The zero-order valence-corrected chi connectivity index (χ0v) is 11.8. The minimum Gasteiger partial charge on any atom is -0.383 e. The maximum absolute atomic E-state index is 14.0. The Morgan fingerprint density at radius 2 is 1.95 bits per heavy atom. The molecule has 0 saturated carbocycles. The van der Waals surface area contributed by atoms with Crippen molar-refractivity contribution in [2.24, 2.45) is 0 Å². The van der Waals surface area contributed by atoms with E-state index in [9.17, 15) is 9.50 Å². The second-order valence-electron chi connectivity index (χ2n) is 6.03. The van der Waals surface area contributed by atoms with Gasteiger partial charge in [0.1, 0.15) is 11.4 Å². The molecule has 2 aromatic rings. The molecule has 108 valence electrons. The summed E-state index contributed by atoms with van der Waals surface area (Å²) in [6.45, 7) is 0.842. The van der Waals surface area contributed by atoms with Crippen molar-refractivity contribution in [3.8, 4) is 0 Å². The monoisotopic (exact) mass is 283 g/mol. The average molecular weight is 283 g/mol. The molecule has 1 aliphatic carbocycles. The average Bonchev–Trinajstić information content (AvgIpc) is 2.87. The molecule has 2 N–H and O–H groups in total. The summed E-state index contributed by atoms with van der Waals surface area (Å²) in [5, 5.41) is 14.8. The van der Waals surface area contributed by atoms with Gasteiger partial charge in [0, 0.05) is 0 Å². The zero-order chi connectivity index (χ0) is 14.4. The summed E-state index contributed by atoms with van der Waals surface area (Å²) in [6, 6.07) is 13.1. The van der Waals surface area contributed by atoms with Crippen LogP contribution in [-0.2, 0) is 18.4 Å². The number of nitrogens with one attached hydrogen (secondary N) is 1. The van der Waals surface area contributed by atoms with Crippen LogP contribution in [0.3, 0.4) is 0 Å². The minimum atomic E-state index is -1.02. The number of halogens is 1. The van der Waals surface area contributed by atoms with Gasteiger partial charge in [-0.3, -0.25) is 0 Å². The summed E-state index contributed by atoms with van der Waals surface area (Å²) >= 11 is 0. The van der Waals surface area contributed by atoms with Crippen molar-refractivity contribution in [3.63, 3.8) is 0 Å². The normalized spacial score (nSPS) is 27.2. The van der Waals surface area contributed by atoms with Crippen molar-refractivity contribution in [2.75, 3.05) is 6.54 Å². The fourth-order valence-electron chi connectivity index (χ4n) is 3.90. The lowest BCUT2D eigenvalue weighted by atomic mass is 9.79. The molecular formula is C18H18FNO. The van der Waals surface area contributed by atoms with Gasteiger partial charge in [-0.05, 0) is 54.1 Å². The largest absolute Gasteiger partial charge is 0.383 e. The Morgan fingerprint density at radius 3 is 2.86 bits per heavy atom. The van der Waals surface area contributed by atoms with Crippen molar-refractivity contribution in [3.05, 3.63) is 70.5 Å². The molecule has 2 aromatic carbocycles. The van der Waals surface area contributed by atoms with Crippen molar-refractivity contribution in [1.82, 2.24) is 5.32 Å². The third-order valence-corrected chi connectivity index (χ3v) is 4.93. The molecule has 0 radical (unpaired) electrons. The molecule has 0 spiro atoms. The predicted octanol–water partition coefficient (Wildman–Crippen LogP) is 2.85. The van der Waals surface area contributed by atoms with Crippen LogP contribution in [0, 0.1) is 5.82 Å². The van der Waals surface area contributed by atoms with Gasteiger partial charge in [0.05, 0.1) is 6.04 Å². The molecule has 2 unspecified atom stereocenters. The molecule has 1 heterocycles. The van der Waals surface area contributed by atoms with Gasteiger partial charge in [-0.25, -0.2) is 4.39 Å². The summed E-state index contributed by atoms with van der Waals surface area (Å²) < 4.78 is 14.0. The van der Waals surface area contributed by atoms with E-state index in [0.29, 0.717) is 18.4 Å². The van der Waals surface area contributed by atoms with Gasteiger partial charge in [-0.2, -0.15) is 0 Å². The summed E-state index contributed by atoms with van der Waals surface area (Å²) in [4.78, 5) is 0. The number of rotatable bonds is 1. The molecule has 0 fully saturated rings. The van der Waals surface area contributed by atoms with Gasteiger partial charge in [-0.1, -0.05) is 36.4 Å². The number of hydrogen-bond acceptors (Lipinski definition) is 2. The molecular weight excluding hydrogens is 265 g/mol. The van der Waals surface area contributed by atoms with Gasteiger partial charge in [-0.15, -0.1) is 0 Å².